The topological polar surface area (TPSA) is 112 Å². The van der Waals surface area contributed by atoms with E-state index in [1.54, 1.807) is 18.3 Å². The first-order valence-electron chi connectivity index (χ1n) is 13.5. The van der Waals surface area contributed by atoms with Gasteiger partial charge < -0.3 is 23.3 Å². The van der Waals surface area contributed by atoms with Crippen molar-refractivity contribution in [3.05, 3.63) is 44.8 Å². The third-order valence-corrected chi connectivity index (χ3v) is 19.1. The number of allylic oxidation sites excluding steroid dienone is 1. The highest BCUT2D eigenvalue weighted by Crippen LogP contribution is 2.75. The van der Waals surface area contributed by atoms with E-state index in [1.165, 1.54) is 16.3 Å². The predicted molar refractivity (Wildman–Crippen MR) is 161 cm³/mol. The fraction of sp³-hybridized carbons (Fsp3) is 0.769. The largest absolute Gasteiger partial charge is 0.408 e. The zero-order chi connectivity index (χ0) is 29.1. The Labute approximate surface area is 241 Å². The number of H-pyrrole nitrogens is 1. The van der Waals surface area contributed by atoms with Gasteiger partial charge in [0.15, 0.2) is 14.5 Å². The number of aromatic amines is 1. The summed E-state index contributed by atoms with van der Waals surface area (Å²) in [5, 5.41) is 11.3. The third-order valence-electron chi connectivity index (χ3n) is 8.81. The van der Waals surface area contributed by atoms with Gasteiger partial charge in [0.25, 0.3) is 5.56 Å². The van der Waals surface area contributed by atoms with Gasteiger partial charge in [0.1, 0.15) is 18.3 Å². The highest BCUT2D eigenvalue weighted by Gasteiger charge is 2.55. The SMILES string of the molecule is C=C(C)[C@@H]1CC[C@]2(C)SP(=S)(OC[C@H]3O[C@@H](n4cc(C)c(=O)[nH]c4=O)[C@H](O)C3O[Si](C)(C)C(C)(C)C)O[C@H]2C1. The Morgan fingerprint density at radius 3 is 2.69 bits per heavy atom. The van der Waals surface area contributed by atoms with Gasteiger partial charge in [0, 0.05) is 16.5 Å². The molecule has 3 heterocycles. The molecule has 2 N–H and O–H groups in total. The zero-order valence-electron chi connectivity index (χ0n) is 24.2. The van der Waals surface area contributed by atoms with Crippen LogP contribution in [0.5, 0.6) is 0 Å². The predicted octanol–water partition coefficient (Wildman–Crippen LogP) is 5.00. The summed E-state index contributed by atoms with van der Waals surface area (Å²) in [6.07, 6.45) is 0.657. The second-order valence-electron chi connectivity index (χ2n) is 12.9. The van der Waals surface area contributed by atoms with Crippen LogP contribution < -0.4 is 11.2 Å². The van der Waals surface area contributed by atoms with Crippen LogP contribution in [0.25, 0.3) is 0 Å². The fourth-order valence-corrected chi connectivity index (χ4v) is 13.6. The number of nitrogens with one attached hydrogen (secondary N) is 1. The summed E-state index contributed by atoms with van der Waals surface area (Å²) >= 11 is 7.59. The van der Waals surface area contributed by atoms with Crippen LogP contribution in [-0.2, 0) is 30.0 Å². The van der Waals surface area contributed by atoms with Gasteiger partial charge in [-0.3, -0.25) is 14.3 Å². The van der Waals surface area contributed by atoms with Crippen molar-refractivity contribution in [2.75, 3.05) is 6.61 Å². The molecule has 8 atom stereocenters. The molecule has 39 heavy (non-hydrogen) atoms. The molecule has 1 aliphatic carbocycles. The summed E-state index contributed by atoms with van der Waals surface area (Å²) in [4.78, 5) is 26.9. The molecule has 1 saturated carbocycles. The molecule has 2 saturated heterocycles. The van der Waals surface area contributed by atoms with Crippen LogP contribution in [0.3, 0.4) is 0 Å². The molecule has 0 spiro atoms. The fourth-order valence-electron chi connectivity index (χ4n) is 5.13. The maximum absolute atomic E-state index is 12.7. The number of rotatable bonds is 7. The van der Waals surface area contributed by atoms with Crippen molar-refractivity contribution in [2.24, 2.45) is 5.92 Å². The average Bonchev–Trinajstić information content (AvgIpc) is 3.25. The smallest absolute Gasteiger partial charge is 0.330 e. The second kappa shape index (κ2) is 10.9. The zero-order valence-corrected chi connectivity index (χ0v) is 27.7. The minimum absolute atomic E-state index is 0.00593. The summed E-state index contributed by atoms with van der Waals surface area (Å²) in [5.41, 5.74) is -2.33. The summed E-state index contributed by atoms with van der Waals surface area (Å²) in [7, 11) is -2.35. The van der Waals surface area contributed by atoms with Crippen molar-refractivity contribution in [3.63, 3.8) is 0 Å². The first kappa shape index (κ1) is 31.4. The maximum atomic E-state index is 12.7. The van der Waals surface area contributed by atoms with Crippen molar-refractivity contribution >= 4 is 37.2 Å². The van der Waals surface area contributed by atoms with E-state index < -0.39 is 49.8 Å². The Balaban J connectivity index is 1.57. The summed E-state index contributed by atoms with van der Waals surface area (Å²) in [5.74, 6) is 0.417. The van der Waals surface area contributed by atoms with Gasteiger partial charge in [0.05, 0.1) is 12.7 Å². The van der Waals surface area contributed by atoms with E-state index in [-0.39, 0.29) is 22.5 Å². The number of nitrogens with zero attached hydrogens (tertiary/aromatic N) is 1. The number of hydrogen-bond donors (Lipinski definition) is 2. The van der Waals surface area contributed by atoms with Crippen LogP contribution in [0.1, 0.15) is 65.7 Å². The molecule has 1 aromatic heterocycles. The van der Waals surface area contributed by atoms with Gasteiger partial charge in [0.2, 0.25) is 5.69 Å². The lowest BCUT2D eigenvalue weighted by Crippen LogP contribution is -2.50. The second-order valence-corrected chi connectivity index (χ2v) is 24.3. The Morgan fingerprint density at radius 2 is 2.08 bits per heavy atom. The van der Waals surface area contributed by atoms with Crippen LogP contribution in [0, 0.1) is 12.8 Å². The van der Waals surface area contributed by atoms with E-state index in [0.29, 0.717) is 11.5 Å². The van der Waals surface area contributed by atoms with Gasteiger partial charge >= 0.3 is 5.69 Å². The van der Waals surface area contributed by atoms with Crippen molar-refractivity contribution < 1.29 is 23.3 Å². The van der Waals surface area contributed by atoms with E-state index in [9.17, 15) is 14.7 Å². The van der Waals surface area contributed by atoms with Gasteiger partial charge in [-0.2, -0.15) is 0 Å². The number of hydrogen-bond acceptors (Lipinski definition) is 9. The van der Waals surface area contributed by atoms with E-state index in [1.807, 2.05) is 0 Å². The minimum atomic E-state index is -2.70. The number of fused-ring (bicyclic) bond motifs is 1. The minimum Gasteiger partial charge on any atom is -0.408 e. The van der Waals surface area contributed by atoms with Crippen molar-refractivity contribution in [3.8, 4) is 0 Å². The molecule has 0 bridgehead atoms. The third kappa shape index (κ3) is 6.29. The van der Waals surface area contributed by atoms with Gasteiger partial charge in [-0.05, 0) is 75.9 Å². The molecular formula is C26H43N2O7PS2Si. The first-order chi connectivity index (χ1) is 17.9. The molecule has 0 amide bonds. The lowest BCUT2D eigenvalue weighted by molar-refractivity contribution is -0.0517. The molecular weight excluding hydrogens is 575 g/mol. The Hall–Kier alpha value is -0.563. The van der Waals surface area contributed by atoms with Crippen LogP contribution >= 0.6 is 17.1 Å². The summed E-state index contributed by atoms with van der Waals surface area (Å²) < 4.78 is 26.8. The Kier molecular flexibility index (Phi) is 8.79. The highest BCUT2D eigenvalue weighted by molar-refractivity contribution is 8.68. The molecule has 2 aliphatic heterocycles. The Bertz CT molecular complexity index is 1280. The van der Waals surface area contributed by atoms with Gasteiger partial charge in [-0.25, -0.2) is 4.79 Å². The van der Waals surface area contributed by atoms with Gasteiger partial charge in [-0.1, -0.05) is 44.3 Å². The molecule has 3 fully saturated rings. The van der Waals surface area contributed by atoms with E-state index in [4.69, 9.17) is 30.0 Å². The normalized spacial score (nSPS) is 37.2. The van der Waals surface area contributed by atoms with Crippen LogP contribution in [0.4, 0.5) is 0 Å². The van der Waals surface area contributed by atoms with E-state index >= 15 is 0 Å². The van der Waals surface area contributed by atoms with E-state index in [0.717, 1.165) is 19.3 Å². The molecule has 220 valence electrons. The molecule has 9 nitrogen and oxygen atoms in total. The van der Waals surface area contributed by atoms with Crippen molar-refractivity contribution in [1.82, 2.24) is 9.55 Å². The first-order valence-corrected chi connectivity index (χ1v) is 20.5. The van der Waals surface area contributed by atoms with E-state index in [2.05, 4.69) is 59.3 Å². The highest BCUT2D eigenvalue weighted by atomic mass is 32.9. The van der Waals surface area contributed by atoms with Gasteiger partial charge in [-0.15, -0.1) is 0 Å². The van der Waals surface area contributed by atoms with Crippen LogP contribution in [-0.4, -0.2) is 58.7 Å². The molecule has 2 unspecified atom stereocenters. The Morgan fingerprint density at radius 1 is 1.41 bits per heavy atom. The molecule has 1 aromatic rings. The average molecular weight is 619 g/mol. The molecule has 0 radical (unpaired) electrons. The summed E-state index contributed by atoms with van der Waals surface area (Å²) in [6, 6.07) is 0. The number of aryl methyl sites for hydroxylation is 1. The summed E-state index contributed by atoms with van der Waals surface area (Å²) in [6.45, 7) is 20.6. The maximum Gasteiger partial charge on any atom is 0.330 e. The van der Waals surface area contributed by atoms with Crippen LogP contribution in [0.15, 0.2) is 27.9 Å². The molecule has 4 rings (SSSR count). The number of ether oxygens (including phenoxy) is 1. The van der Waals surface area contributed by atoms with Crippen molar-refractivity contribution in [1.29, 1.82) is 0 Å². The van der Waals surface area contributed by atoms with Crippen LogP contribution in [0.2, 0.25) is 18.1 Å². The standard InChI is InChI=1S/C26H43N2O7PS2Si/c1-15(2)17-10-11-26(7)19(12-17)34-36(37,38-26)32-14-18-21(35-39(8,9)25(4,5)6)20(29)23(33-18)28-13-16(3)22(30)27-24(28)31/h13,17-21,23,29H,1,10-12,14H2,2-9H3,(H,27,30,31)/t17-,18-,19+,20-,21?,23-,26+,36?/m1/s1. The molecule has 0 aromatic carbocycles. The lowest BCUT2D eigenvalue weighted by atomic mass is 9.77. The quantitative estimate of drug-likeness (QED) is 0.248. The number of aromatic nitrogens is 2. The number of aliphatic hydroxyl groups excluding tert-OH is 1. The molecule has 13 heteroatoms. The monoisotopic (exact) mass is 618 g/mol. The number of aliphatic hydroxyl groups is 1. The van der Waals surface area contributed by atoms with Crippen molar-refractivity contribution in [2.45, 2.75) is 114 Å². The lowest BCUT2D eigenvalue weighted by Gasteiger charge is -2.40. The molecule has 3 aliphatic rings.